The molecule has 1 aromatic heterocycles. The van der Waals surface area contributed by atoms with Crippen LogP contribution in [0.1, 0.15) is 20.3 Å². The Balaban J connectivity index is 2.58. The summed E-state index contributed by atoms with van der Waals surface area (Å²) in [5, 5.41) is 18.1. The zero-order valence-corrected chi connectivity index (χ0v) is 9.51. The Hall–Kier alpha value is -0.750. The number of hydrogen-bond acceptors (Lipinski definition) is 5. The molecule has 0 fully saturated rings. The molecule has 1 atom stereocenters. The van der Waals surface area contributed by atoms with Crippen LogP contribution in [0.25, 0.3) is 0 Å². The highest BCUT2D eigenvalue weighted by Gasteiger charge is 2.19. The fourth-order valence-electron chi connectivity index (χ4n) is 0.774. The fourth-order valence-corrected chi connectivity index (χ4v) is 1.80. The lowest BCUT2D eigenvalue weighted by Gasteiger charge is -2.19. The highest BCUT2D eigenvalue weighted by molar-refractivity contribution is 7.99. The van der Waals surface area contributed by atoms with Crippen molar-refractivity contribution in [3.05, 3.63) is 0 Å². The van der Waals surface area contributed by atoms with E-state index in [4.69, 9.17) is 5.73 Å². The van der Waals surface area contributed by atoms with Gasteiger partial charge in [0.1, 0.15) is 0 Å². The van der Waals surface area contributed by atoms with Gasteiger partial charge in [0.2, 0.25) is 5.95 Å². The SMILES string of the molecule is CCC(C)(O)CSc1nnc(N)n1C. The molecule has 1 heterocycles. The maximum absolute atomic E-state index is 9.77. The van der Waals surface area contributed by atoms with E-state index in [1.165, 1.54) is 11.8 Å². The molecule has 6 heteroatoms. The Kier molecular flexibility index (Phi) is 3.38. The van der Waals surface area contributed by atoms with E-state index in [9.17, 15) is 5.11 Å². The number of aromatic nitrogens is 3. The van der Waals surface area contributed by atoms with Crippen molar-refractivity contribution in [2.24, 2.45) is 7.05 Å². The van der Waals surface area contributed by atoms with Gasteiger partial charge in [-0.05, 0) is 13.3 Å². The molecule has 0 aliphatic heterocycles. The van der Waals surface area contributed by atoms with Gasteiger partial charge < -0.3 is 10.8 Å². The molecule has 0 aliphatic rings. The molecular formula is C8H16N4OS. The van der Waals surface area contributed by atoms with Gasteiger partial charge in [0, 0.05) is 12.8 Å². The van der Waals surface area contributed by atoms with Crippen molar-refractivity contribution in [2.45, 2.75) is 31.0 Å². The summed E-state index contributed by atoms with van der Waals surface area (Å²) in [6.45, 7) is 3.76. The molecule has 3 N–H and O–H groups in total. The van der Waals surface area contributed by atoms with Gasteiger partial charge in [-0.2, -0.15) is 0 Å². The van der Waals surface area contributed by atoms with Crippen molar-refractivity contribution < 1.29 is 5.11 Å². The topological polar surface area (TPSA) is 77.0 Å². The molecule has 0 amide bonds. The number of anilines is 1. The summed E-state index contributed by atoms with van der Waals surface area (Å²) in [4.78, 5) is 0. The second kappa shape index (κ2) is 4.18. The maximum atomic E-state index is 9.77. The van der Waals surface area contributed by atoms with Gasteiger partial charge in [-0.1, -0.05) is 18.7 Å². The Labute approximate surface area is 87.7 Å². The molecule has 0 aliphatic carbocycles. The van der Waals surface area contributed by atoms with E-state index in [0.29, 0.717) is 18.1 Å². The highest BCUT2D eigenvalue weighted by atomic mass is 32.2. The first kappa shape index (κ1) is 11.3. The van der Waals surface area contributed by atoms with Crippen LogP contribution in [0.2, 0.25) is 0 Å². The minimum atomic E-state index is -0.661. The molecule has 14 heavy (non-hydrogen) atoms. The number of nitrogen functional groups attached to an aromatic ring is 1. The van der Waals surface area contributed by atoms with Crippen LogP contribution in [0.4, 0.5) is 5.95 Å². The van der Waals surface area contributed by atoms with E-state index >= 15 is 0 Å². The number of rotatable bonds is 4. The quantitative estimate of drug-likeness (QED) is 0.723. The monoisotopic (exact) mass is 216 g/mol. The minimum absolute atomic E-state index is 0.392. The zero-order chi connectivity index (χ0) is 10.8. The number of thioether (sulfide) groups is 1. The summed E-state index contributed by atoms with van der Waals surface area (Å²) < 4.78 is 1.70. The number of nitrogens with zero attached hydrogens (tertiary/aromatic N) is 3. The summed E-state index contributed by atoms with van der Waals surface area (Å²) in [6.07, 6.45) is 0.716. The molecule has 5 nitrogen and oxygen atoms in total. The van der Waals surface area contributed by atoms with E-state index in [2.05, 4.69) is 10.2 Å². The predicted octanol–water partition coefficient (Wildman–Crippen LogP) is 0.650. The maximum Gasteiger partial charge on any atom is 0.222 e. The highest BCUT2D eigenvalue weighted by Crippen LogP contribution is 2.23. The van der Waals surface area contributed by atoms with Crippen molar-refractivity contribution in [2.75, 3.05) is 11.5 Å². The molecule has 80 valence electrons. The zero-order valence-electron chi connectivity index (χ0n) is 8.69. The first-order chi connectivity index (χ1) is 6.46. The van der Waals surface area contributed by atoms with Gasteiger partial charge >= 0.3 is 0 Å². The Morgan fingerprint density at radius 2 is 2.21 bits per heavy atom. The predicted molar refractivity (Wildman–Crippen MR) is 57.1 cm³/mol. The molecule has 0 radical (unpaired) electrons. The summed E-state index contributed by atoms with van der Waals surface area (Å²) in [5.74, 6) is 0.985. The van der Waals surface area contributed by atoms with Crippen molar-refractivity contribution in [1.82, 2.24) is 14.8 Å². The average Bonchev–Trinajstić information content (AvgIpc) is 2.45. The van der Waals surface area contributed by atoms with Crippen LogP contribution < -0.4 is 5.73 Å². The van der Waals surface area contributed by atoms with Gasteiger partial charge in [-0.15, -0.1) is 10.2 Å². The van der Waals surface area contributed by atoms with E-state index < -0.39 is 5.60 Å². The summed E-state index contributed by atoms with van der Waals surface area (Å²) in [6, 6.07) is 0. The van der Waals surface area contributed by atoms with Gasteiger partial charge in [-0.3, -0.25) is 4.57 Å². The average molecular weight is 216 g/mol. The molecule has 1 aromatic rings. The molecule has 0 bridgehead atoms. The van der Waals surface area contributed by atoms with E-state index in [1.54, 1.807) is 18.5 Å². The van der Waals surface area contributed by atoms with E-state index in [-0.39, 0.29) is 0 Å². The van der Waals surface area contributed by atoms with Gasteiger partial charge in [-0.25, -0.2) is 0 Å². The second-order valence-electron chi connectivity index (χ2n) is 3.54. The lowest BCUT2D eigenvalue weighted by atomic mass is 10.1. The van der Waals surface area contributed by atoms with Crippen LogP contribution in [0.15, 0.2) is 5.16 Å². The van der Waals surface area contributed by atoms with Gasteiger partial charge in [0.25, 0.3) is 0 Å². The smallest absolute Gasteiger partial charge is 0.222 e. The second-order valence-corrected chi connectivity index (χ2v) is 4.48. The lowest BCUT2D eigenvalue weighted by Crippen LogP contribution is -2.26. The summed E-state index contributed by atoms with van der Waals surface area (Å²) >= 11 is 1.46. The molecule has 0 spiro atoms. The number of aliphatic hydroxyl groups is 1. The van der Waals surface area contributed by atoms with Crippen molar-refractivity contribution in [3.8, 4) is 0 Å². The minimum Gasteiger partial charge on any atom is -0.389 e. The summed E-state index contributed by atoms with van der Waals surface area (Å²) in [7, 11) is 1.80. The Morgan fingerprint density at radius 3 is 2.64 bits per heavy atom. The number of nitrogens with two attached hydrogens (primary N) is 1. The van der Waals surface area contributed by atoms with Crippen LogP contribution >= 0.6 is 11.8 Å². The largest absolute Gasteiger partial charge is 0.389 e. The van der Waals surface area contributed by atoms with E-state index in [0.717, 1.165) is 5.16 Å². The lowest BCUT2D eigenvalue weighted by molar-refractivity contribution is 0.0815. The Morgan fingerprint density at radius 1 is 1.57 bits per heavy atom. The van der Waals surface area contributed by atoms with Crippen molar-refractivity contribution in [3.63, 3.8) is 0 Å². The van der Waals surface area contributed by atoms with Crippen LogP contribution in [0, 0.1) is 0 Å². The third-order valence-corrected chi connectivity index (χ3v) is 3.52. The van der Waals surface area contributed by atoms with Crippen LogP contribution in [-0.2, 0) is 7.05 Å². The standard InChI is InChI=1S/C8H16N4OS/c1-4-8(2,13)5-14-7-11-10-6(9)12(7)3/h13H,4-5H2,1-3H3,(H2,9,10). The molecule has 1 rings (SSSR count). The first-order valence-corrected chi connectivity index (χ1v) is 5.45. The molecule has 1 unspecified atom stereocenters. The summed E-state index contributed by atoms with van der Waals surface area (Å²) in [5.41, 5.74) is 4.86. The Bertz CT molecular complexity index is 310. The van der Waals surface area contributed by atoms with Gasteiger partial charge in [0.15, 0.2) is 5.16 Å². The number of hydrogen-bond donors (Lipinski definition) is 2. The van der Waals surface area contributed by atoms with Crippen LogP contribution in [0.5, 0.6) is 0 Å². The molecule has 0 saturated carbocycles. The third kappa shape index (κ3) is 2.62. The van der Waals surface area contributed by atoms with Crippen LogP contribution in [0.3, 0.4) is 0 Å². The van der Waals surface area contributed by atoms with Crippen LogP contribution in [-0.4, -0.2) is 31.2 Å². The molecule has 0 saturated heterocycles. The molecule has 0 aromatic carbocycles. The normalized spacial score (nSPS) is 15.4. The first-order valence-electron chi connectivity index (χ1n) is 4.46. The van der Waals surface area contributed by atoms with Crippen molar-refractivity contribution >= 4 is 17.7 Å². The van der Waals surface area contributed by atoms with Crippen molar-refractivity contribution in [1.29, 1.82) is 0 Å². The third-order valence-electron chi connectivity index (χ3n) is 2.14. The van der Waals surface area contributed by atoms with Gasteiger partial charge in [0.05, 0.1) is 5.60 Å². The van der Waals surface area contributed by atoms with E-state index in [1.807, 2.05) is 6.92 Å². The molecular weight excluding hydrogens is 200 g/mol. The fraction of sp³-hybridized carbons (Fsp3) is 0.750.